The fraction of sp³-hybridized carbons (Fsp3) is 0.300. The van der Waals surface area contributed by atoms with Crippen LogP contribution in [0.1, 0.15) is 17.2 Å². The van der Waals surface area contributed by atoms with E-state index in [1.165, 1.54) is 14.0 Å². The molecule has 0 aliphatic carbocycles. The quantitative estimate of drug-likeness (QED) is 0.876. The largest absolute Gasteiger partial charge is 0.324 e. The van der Waals surface area contributed by atoms with Crippen LogP contribution < -0.4 is 5.73 Å². The summed E-state index contributed by atoms with van der Waals surface area (Å²) in [4.78, 5) is 0. The summed E-state index contributed by atoms with van der Waals surface area (Å²) in [5, 5.41) is 6.26. The van der Waals surface area contributed by atoms with E-state index in [4.69, 9.17) is 5.73 Å². The van der Waals surface area contributed by atoms with Crippen LogP contribution >= 0.6 is 33.9 Å². The molecule has 2 rings (SSSR count). The number of nitrogens with two attached hydrogens (primary N) is 1. The zero-order valence-electron chi connectivity index (χ0n) is 8.35. The van der Waals surface area contributed by atoms with Gasteiger partial charge in [-0.15, -0.1) is 11.3 Å². The van der Waals surface area contributed by atoms with E-state index in [2.05, 4.69) is 39.1 Å². The third-order valence-corrected chi connectivity index (χ3v) is 4.04. The van der Waals surface area contributed by atoms with Crippen LogP contribution in [-0.2, 0) is 13.5 Å². The summed E-state index contributed by atoms with van der Waals surface area (Å²) in [5.41, 5.74) is 8.52. The van der Waals surface area contributed by atoms with Gasteiger partial charge in [0.15, 0.2) is 0 Å². The predicted octanol–water partition coefficient (Wildman–Crippen LogP) is 2.33. The number of hydrogen-bond donors (Lipinski definition) is 1. The Morgan fingerprint density at radius 2 is 2.47 bits per heavy atom. The third-order valence-electron chi connectivity index (χ3n) is 2.23. The van der Waals surface area contributed by atoms with Crippen molar-refractivity contribution in [2.75, 3.05) is 0 Å². The lowest BCUT2D eigenvalue weighted by Gasteiger charge is -2.07. The molecule has 80 valence electrons. The van der Waals surface area contributed by atoms with Gasteiger partial charge in [0.2, 0.25) is 0 Å². The van der Waals surface area contributed by atoms with E-state index in [0.29, 0.717) is 0 Å². The predicted molar refractivity (Wildman–Crippen MR) is 70.9 cm³/mol. The van der Waals surface area contributed by atoms with E-state index in [1.807, 2.05) is 19.4 Å². The highest BCUT2D eigenvalue weighted by Gasteiger charge is 2.09. The molecular weight excluding hydrogens is 321 g/mol. The first kappa shape index (κ1) is 11.1. The van der Waals surface area contributed by atoms with E-state index in [1.54, 1.807) is 16.0 Å². The van der Waals surface area contributed by atoms with Gasteiger partial charge in [-0.1, -0.05) is 0 Å². The zero-order valence-corrected chi connectivity index (χ0v) is 11.3. The van der Waals surface area contributed by atoms with Gasteiger partial charge < -0.3 is 5.73 Å². The van der Waals surface area contributed by atoms with Gasteiger partial charge in [-0.05, 0) is 51.6 Å². The van der Waals surface area contributed by atoms with Crippen LogP contribution in [0.5, 0.6) is 0 Å². The van der Waals surface area contributed by atoms with Gasteiger partial charge in [0.25, 0.3) is 0 Å². The van der Waals surface area contributed by atoms with Crippen LogP contribution in [0.25, 0.3) is 0 Å². The van der Waals surface area contributed by atoms with E-state index in [0.717, 1.165) is 6.42 Å². The minimum absolute atomic E-state index is 0.0777. The maximum atomic E-state index is 6.12. The molecule has 0 aromatic carbocycles. The highest BCUT2D eigenvalue weighted by Crippen LogP contribution is 2.23. The molecule has 2 aromatic heterocycles. The molecule has 2 aromatic rings. The van der Waals surface area contributed by atoms with Gasteiger partial charge >= 0.3 is 0 Å². The van der Waals surface area contributed by atoms with Crippen LogP contribution in [0.3, 0.4) is 0 Å². The molecule has 2 heterocycles. The molecule has 0 radical (unpaired) electrons. The van der Waals surface area contributed by atoms with Gasteiger partial charge in [0.05, 0.1) is 9.08 Å². The average molecular weight is 333 g/mol. The normalized spacial score (nSPS) is 13.0. The SMILES string of the molecule is Cn1cc(CC(N)c2csc(I)c2)cn1. The molecule has 0 saturated heterocycles. The minimum Gasteiger partial charge on any atom is -0.324 e. The van der Waals surface area contributed by atoms with Crippen molar-refractivity contribution in [3.63, 3.8) is 0 Å². The Morgan fingerprint density at radius 1 is 1.67 bits per heavy atom. The Balaban J connectivity index is 2.06. The summed E-state index contributed by atoms with van der Waals surface area (Å²) in [7, 11) is 1.92. The number of halogens is 1. The summed E-state index contributed by atoms with van der Waals surface area (Å²) in [6.45, 7) is 0. The van der Waals surface area contributed by atoms with Gasteiger partial charge in [-0.25, -0.2) is 0 Å². The number of hydrogen-bond acceptors (Lipinski definition) is 3. The van der Waals surface area contributed by atoms with Gasteiger partial charge in [-0.2, -0.15) is 5.10 Å². The van der Waals surface area contributed by atoms with Crippen molar-refractivity contribution in [3.05, 3.63) is 37.9 Å². The number of aromatic nitrogens is 2. The van der Waals surface area contributed by atoms with Crippen LogP contribution in [0.2, 0.25) is 0 Å². The van der Waals surface area contributed by atoms with Gasteiger partial charge in [-0.3, -0.25) is 4.68 Å². The summed E-state index contributed by atoms with van der Waals surface area (Å²) in [6.07, 6.45) is 4.73. The molecule has 0 aliphatic rings. The molecule has 0 amide bonds. The lowest BCUT2D eigenvalue weighted by Crippen LogP contribution is -2.12. The number of thiophene rings is 1. The van der Waals surface area contributed by atoms with Crippen molar-refractivity contribution in [2.24, 2.45) is 12.8 Å². The van der Waals surface area contributed by atoms with Crippen molar-refractivity contribution in [1.82, 2.24) is 9.78 Å². The second kappa shape index (κ2) is 4.63. The minimum atomic E-state index is 0.0777. The molecule has 5 heteroatoms. The van der Waals surface area contributed by atoms with Gasteiger partial charge in [0, 0.05) is 19.3 Å². The molecule has 3 nitrogen and oxygen atoms in total. The Bertz CT molecular complexity index is 449. The molecule has 0 saturated carbocycles. The second-order valence-corrected chi connectivity index (χ2v) is 6.32. The summed E-state index contributed by atoms with van der Waals surface area (Å²) >= 11 is 4.05. The second-order valence-electron chi connectivity index (χ2n) is 3.52. The fourth-order valence-corrected chi connectivity index (χ4v) is 2.90. The smallest absolute Gasteiger partial charge is 0.0656 e. The Kier molecular flexibility index (Phi) is 3.42. The molecule has 15 heavy (non-hydrogen) atoms. The number of rotatable bonds is 3. The standard InChI is InChI=1S/C10H12IN3S/c1-14-5-7(4-13-14)2-9(12)8-3-10(11)15-6-8/h3-6,9H,2,12H2,1H3. The molecule has 0 fully saturated rings. The van der Waals surface area contributed by atoms with Crippen LogP contribution in [0.4, 0.5) is 0 Å². The van der Waals surface area contributed by atoms with Crippen molar-refractivity contribution in [1.29, 1.82) is 0 Å². The van der Waals surface area contributed by atoms with Crippen molar-refractivity contribution in [3.8, 4) is 0 Å². The molecular formula is C10H12IN3S. The maximum absolute atomic E-state index is 6.12. The van der Waals surface area contributed by atoms with E-state index >= 15 is 0 Å². The topological polar surface area (TPSA) is 43.8 Å². The molecule has 2 N–H and O–H groups in total. The highest BCUT2D eigenvalue weighted by molar-refractivity contribution is 14.1. The molecule has 0 spiro atoms. The fourth-order valence-electron chi connectivity index (χ4n) is 1.47. The molecule has 1 unspecified atom stereocenters. The number of aryl methyl sites for hydroxylation is 1. The van der Waals surface area contributed by atoms with Gasteiger partial charge in [0.1, 0.15) is 0 Å². The van der Waals surface area contributed by atoms with E-state index in [9.17, 15) is 0 Å². The van der Waals surface area contributed by atoms with Crippen molar-refractivity contribution in [2.45, 2.75) is 12.5 Å². The van der Waals surface area contributed by atoms with Crippen LogP contribution in [0.15, 0.2) is 23.8 Å². The molecule has 0 bridgehead atoms. The lowest BCUT2D eigenvalue weighted by atomic mass is 10.1. The third kappa shape index (κ3) is 2.79. The monoisotopic (exact) mass is 333 g/mol. The first-order chi connectivity index (χ1) is 7.15. The Hall–Kier alpha value is -0.400. The summed E-state index contributed by atoms with van der Waals surface area (Å²) in [5.74, 6) is 0. The van der Waals surface area contributed by atoms with E-state index < -0.39 is 0 Å². The van der Waals surface area contributed by atoms with Crippen molar-refractivity contribution >= 4 is 33.9 Å². The molecule has 1 atom stereocenters. The zero-order chi connectivity index (χ0) is 10.8. The number of nitrogens with zero attached hydrogens (tertiary/aromatic N) is 2. The average Bonchev–Trinajstić information content (AvgIpc) is 2.75. The summed E-state index contributed by atoms with van der Waals surface area (Å²) in [6, 6.07) is 2.22. The summed E-state index contributed by atoms with van der Waals surface area (Å²) < 4.78 is 3.09. The maximum Gasteiger partial charge on any atom is 0.0656 e. The molecule has 0 aliphatic heterocycles. The Labute approximate surface area is 106 Å². The first-order valence-corrected chi connectivity index (χ1v) is 6.58. The van der Waals surface area contributed by atoms with E-state index in [-0.39, 0.29) is 6.04 Å². The highest BCUT2D eigenvalue weighted by atomic mass is 127. The lowest BCUT2D eigenvalue weighted by molar-refractivity contribution is 0.722. The van der Waals surface area contributed by atoms with Crippen LogP contribution in [0, 0.1) is 2.88 Å². The first-order valence-electron chi connectivity index (χ1n) is 4.62. The van der Waals surface area contributed by atoms with Crippen LogP contribution in [-0.4, -0.2) is 9.78 Å². The van der Waals surface area contributed by atoms with Crippen molar-refractivity contribution < 1.29 is 0 Å². The Morgan fingerprint density at radius 3 is 3.00 bits per heavy atom.